The first-order valence-corrected chi connectivity index (χ1v) is 16.3. The molecule has 0 amide bonds. The molecule has 0 unspecified atom stereocenters. The van der Waals surface area contributed by atoms with Gasteiger partial charge in [-0.3, -0.25) is 10.8 Å². The van der Waals surface area contributed by atoms with Crippen LogP contribution in [0.15, 0.2) is 173 Å². The number of furan rings is 1. The topological polar surface area (TPSA) is 64.6 Å². The summed E-state index contributed by atoms with van der Waals surface area (Å²) in [6, 6.07) is 54.2. The van der Waals surface area contributed by atoms with E-state index in [2.05, 4.69) is 119 Å². The van der Waals surface area contributed by atoms with Crippen molar-refractivity contribution >= 4 is 73.0 Å². The average molecular weight is 631 g/mol. The van der Waals surface area contributed by atoms with Gasteiger partial charge in [-0.15, -0.1) is 0 Å². The summed E-state index contributed by atoms with van der Waals surface area (Å²) in [5.74, 6) is 0. The van der Waals surface area contributed by atoms with E-state index in [0.717, 1.165) is 72.2 Å². The Labute approximate surface area is 283 Å². The number of hydrogen-bond acceptors (Lipinski definition) is 5. The zero-order valence-corrected chi connectivity index (χ0v) is 26.5. The monoisotopic (exact) mass is 630 g/mol. The molecule has 0 spiro atoms. The van der Waals surface area contributed by atoms with E-state index in [0.29, 0.717) is 11.4 Å². The van der Waals surface area contributed by atoms with Gasteiger partial charge in [0.15, 0.2) is 0 Å². The van der Waals surface area contributed by atoms with E-state index in [1.54, 1.807) is 0 Å². The summed E-state index contributed by atoms with van der Waals surface area (Å²) >= 11 is 0. The highest BCUT2D eigenvalue weighted by Gasteiger charge is 2.21. The molecular weight excluding hydrogens is 601 g/mol. The third-order valence-electron chi connectivity index (χ3n) is 9.15. The molecule has 0 saturated carbocycles. The van der Waals surface area contributed by atoms with E-state index in [9.17, 15) is 0 Å². The number of hydrazone groups is 1. The Bertz CT molecular complexity index is 2580. The second-order valence-electron chi connectivity index (χ2n) is 12.1. The van der Waals surface area contributed by atoms with Gasteiger partial charge in [0, 0.05) is 39.5 Å². The van der Waals surface area contributed by atoms with Crippen molar-refractivity contribution in [2.24, 2.45) is 5.10 Å². The maximum absolute atomic E-state index is 9.15. The van der Waals surface area contributed by atoms with Crippen LogP contribution < -0.4 is 10.3 Å². The van der Waals surface area contributed by atoms with E-state index >= 15 is 0 Å². The number of nitrogens with zero attached hydrogens (tertiary/aromatic N) is 2. The van der Waals surface area contributed by atoms with Crippen LogP contribution in [0.1, 0.15) is 11.1 Å². The fourth-order valence-corrected chi connectivity index (χ4v) is 6.74. The minimum atomic E-state index is 0.392. The Kier molecular flexibility index (Phi) is 6.87. The van der Waals surface area contributed by atoms with Crippen molar-refractivity contribution in [3.05, 3.63) is 175 Å². The van der Waals surface area contributed by atoms with Crippen LogP contribution in [0.25, 0.3) is 49.9 Å². The van der Waals surface area contributed by atoms with E-state index in [-0.39, 0.29) is 0 Å². The van der Waals surface area contributed by atoms with Crippen LogP contribution in [0.3, 0.4) is 0 Å². The summed E-state index contributed by atoms with van der Waals surface area (Å²) in [6.07, 6.45) is 3.94. The SMILES string of the molecule is N=C1/C(=N\Nc2ccccc2)C=Cc2ccc3cc(N(c4ccc(-c5ccccc5)cc4)c4ccc5c(c4)oc4ccccc45)ccc3c21. The van der Waals surface area contributed by atoms with Crippen molar-refractivity contribution < 1.29 is 4.42 Å². The van der Waals surface area contributed by atoms with Crippen LogP contribution in [0.4, 0.5) is 22.7 Å². The fourth-order valence-electron chi connectivity index (χ4n) is 6.74. The normalized spacial score (nSPS) is 13.3. The standard InChI is InChI=1S/C44H30N4O/c45-44-40(47-46-33-11-5-2-6-12-33)26-19-31-15-16-32-27-35(22-24-37(32)43(31)44)48(34-20-17-30(18-21-34)29-9-3-1-4-10-29)36-23-25-39-38-13-7-8-14-41(38)49-42(39)28-36/h1-28,45-46H/b45-44?,47-40-. The molecule has 0 atom stereocenters. The molecule has 0 radical (unpaired) electrons. The summed E-state index contributed by atoms with van der Waals surface area (Å²) in [6.45, 7) is 0. The number of anilines is 4. The number of allylic oxidation sites excluding steroid dienone is 1. The zero-order chi connectivity index (χ0) is 32.7. The lowest BCUT2D eigenvalue weighted by Gasteiger charge is -2.26. The molecule has 1 aliphatic rings. The summed E-state index contributed by atoms with van der Waals surface area (Å²) in [7, 11) is 0. The quantitative estimate of drug-likeness (QED) is 0.180. The molecule has 2 N–H and O–H groups in total. The van der Waals surface area contributed by atoms with Crippen LogP contribution >= 0.6 is 0 Å². The van der Waals surface area contributed by atoms with Gasteiger partial charge < -0.3 is 9.32 Å². The molecule has 1 aromatic heterocycles. The predicted octanol–water partition coefficient (Wildman–Crippen LogP) is 11.7. The summed E-state index contributed by atoms with van der Waals surface area (Å²) in [5, 5.41) is 18.0. The highest BCUT2D eigenvalue weighted by molar-refractivity contribution is 6.55. The molecule has 5 heteroatoms. The number of hydrogen-bond donors (Lipinski definition) is 2. The zero-order valence-electron chi connectivity index (χ0n) is 26.5. The lowest BCUT2D eigenvalue weighted by Crippen LogP contribution is -2.19. The van der Waals surface area contributed by atoms with Crippen LogP contribution in [0.2, 0.25) is 0 Å². The first-order chi connectivity index (χ1) is 24.2. The van der Waals surface area contributed by atoms with Crippen molar-refractivity contribution in [1.82, 2.24) is 0 Å². The largest absolute Gasteiger partial charge is 0.456 e. The summed E-state index contributed by atoms with van der Waals surface area (Å²) < 4.78 is 6.32. The van der Waals surface area contributed by atoms with E-state index in [1.165, 1.54) is 5.56 Å². The summed E-state index contributed by atoms with van der Waals surface area (Å²) in [5.41, 5.74) is 13.9. The van der Waals surface area contributed by atoms with Gasteiger partial charge in [-0.2, -0.15) is 5.10 Å². The molecule has 1 heterocycles. The highest BCUT2D eigenvalue weighted by atomic mass is 16.3. The van der Waals surface area contributed by atoms with Gasteiger partial charge in [-0.25, -0.2) is 0 Å². The third-order valence-corrected chi connectivity index (χ3v) is 9.15. The molecular formula is C44H30N4O. The van der Waals surface area contributed by atoms with Crippen LogP contribution in [0.5, 0.6) is 0 Å². The minimum absolute atomic E-state index is 0.392. The van der Waals surface area contributed by atoms with E-state index in [1.807, 2.05) is 66.7 Å². The number of para-hydroxylation sites is 2. The molecule has 232 valence electrons. The minimum Gasteiger partial charge on any atom is -0.456 e. The predicted molar refractivity (Wildman–Crippen MR) is 205 cm³/mol. The lowest BCUT2D eigenvalue weighted by atomic mass is 9.89. The van der Waals surface area contributed by atoms with E-state index in [4.69, 9.17) is 9.83 Å². The van der Waals surface area contributed by atoms with Gasteiger partial charge >= 0.3 is 0 Å². The lowest BCUT2D eigenvalue weighted by molar-refractivity contribution is 0.669. The van der Waals surface area contributed by atoms with Gasteiger partial charge in [0.25, 0.3) is 0 Å². The number of nitrogens with one attached hydrogen (secondary N) is 2. The Balaban J connectivity index is 1.14. The average Bonchev–Trinajstić information content (AvgIpc) is 3.53. The molecule has 9 rings (SSSR count). The molecule has 0 bridgehead atoms. The maximum atomic E-state index is 9.15. The molecule has 0 fully saturated rings. The Hall–Kier alpha value is -6.72. The van der Waals surface area contributed by atoms with Crippen LogP contribution in [0, 0.1) is 5.41 Å². The van der Waals surface area contributed by atoms with Crippen molar-refractivity contribution in [3.63, 3.8) is 0 Å². The van der Waals surface area contributed by atoms with Crippen molar-refractivity contribution in [2.45, 2.75) is 0 Å². The number of rotatable bonds is 6. The molecule has 49 heavy (non-hydrogen) atoms. The molecule has 0 saturated heterocycles. The highest BCUT2D eigenvalue weighted by Crippen LogP contribution is 2.41. The first kappa shape index (κ1) is 28.5. The Morgan fingerprint density at radius 2 is 1.18 bits per heavy atom. The molecule has 8 aromatic rings. The smallest absolute Gasteiger partial charge is 0.137 e. The maximum Gasteiger partial charge on any atom is 0.137 e. The Morgan fingerprint density at radius 1 is 0.531 bits per heavy atom. The molecule has 7 aromatic carbocycles. The van der Waals surface area contributed by atoms with Gasteiger partial charge in [-0.05, 0) is 88.1 Å². The van der Waals surface area contributed by atoms with Crippen molar-refractivity contribution in [3.8, 4) is 11.1 Å². The van der Waals surface area contributed by atoms with Crippen LogP contribution in [-0.2, 0) is 0 Å². The number of fused-ring (bicyclic) bond motifs is 6. The molecule has 0 aliphatic heterocycles. The van der Waals surface area contributed by atoms with Crippen LogP contribution in [-0.4, -0.2) is 11.4 Å². The first-order valence-electron chi connectivity index (χ1n) is 16.3. The molecule has 1 aliphatic carbocycles. The fraction of sp³-hybridized carbons (Fsp3) is 0. The van der Waals surface area contributed by atoms with Gasteiger partial charge in [0.1, 0.15) is 16.9 Å². The second kappa shape index (κ2) is 11.8. The van der Waals surface area contributed by atoms with Crippen molar-refractivity contribution in [2.75, 3.05) is 10.3 Å². The van der Waals surface area contributed by atoms with Gasteiger partial charge in [0.05, 0.1) is 11.4 Å². The Morgan fingerprint density at radius 3 is 2.00 bits per heavy atom. The van der Waals surface area contributed by atoms with Crippen molar-refractivity contribution in [1.29, 1.82) is 5.41 Å². The van der Waals surface area contributed by atoms with Gasteiger partial charge in [0.2, 0.25) is 0 Å². The molecule has 5 nitrogen and oxygen atoms in total. The summed E-state index contributed by atoms with van der Waals surface area (Å²) in [4.78, 5) is 2.27. The number of benzene rings is 7. The van der Waals surface area contributed by atoms with E-state index < -0.39 is 0 Å². The second-order valence-corrected chi connectivity index (χ2v) is 12.1. The third kappa shape index (κ3) is 5.14. The van der Waals surface area contributed by atoms with Gasteiger partial charge in [-0.1, -0.05) is 103 Å².